The molecule has 0 aliphatic carbocycles. The number of benzene rings is 1. The van der Waals surface area contributed by atoms with Gasteiger partial charge in [0.05, 0.1) is 5.56 Å². The number of nitrogens with two attached hydrogens (primary N) is 1. The van der Waals surface area contributed by atoms with Crippen molar-refractivity contribution in [2.75, 3.05) is 17.4 Å². The summed E-state index contributed by atoms with van der Waals surface area (Å²) in [6, 6.07) is 7.22. The minimum atomic E-state index is -0.958. The van der Waals surface area contributed by atoms with Gasteiger partial charge in [-0.15, -0.1) is 0 Å². The Morgan fingerprint density at radius 1 is 1.38 bits per heavy atom. The molecule has 1 amide bonds. The van der Waals surface area contributed by atoms with E-state index in [-0.39, 0.29) is 11.9 Å². The number of carbonyl (C=O) groups excluding carboxylic acids is 1. The second-order valence-electron chi connectivity index (χ2n) is 4.82. The summed E-state index contributed by atoms with van der Waals surface area (Å²) < 4.78 is 11.2. The van der Waals surface area contributed by atoms with E-state index in [2.05, 4.69) is 15.7 Å². The number of nitrogen functional groups attached to an aromatic ring is 1. The van der Waals surface area contributed by atoms with E-state index in [1.165, 1.54) is 6.20 Å². The van der Waals surface area contributed by atoms with Crippen LogP contribution in [-0.2, 0) is 10.8 Å². The monoisotopic (exact) mass is 306 g/mol. The fourth-order valence-electron chi connectivity index (χ4n) is 2.18. The molecule has 112 valence electrons. The van der Waals surface area contributed by atoms with E-state index in [0.29, 0.717) is 17.1 Å². The number of nitrogens with one attached hydrogen (secondary N) is 2. The Kier molecular flexibility index (Phi) is 4.87. The van der Waals surface area contributed by atoms with Crippen molar-refractivity contribution >= 4 is 33.3 Å². The summed E-state index contributed by atoms with van der Waals surface area (Å²) in [6.07, 6.45) is 3.10. The molecule has 21 heavy (non-hydrogen) atoms. The van der Waals surface area contributed by atoms with Crippen LogP contribution in [0.25, 0.3) is 10.8 Å². The molecule has 0 spiro atoms. The van der Waals surface area contributed by atoms with E-state index >= 15 is 0 Å². The number of carbonyl (C=O) groups is 1. The highest BCUT2D eigenvalue weighted by molar-refractivity contribution is 7.84. The van der Waals surface area contributed by atoms with Gasteiger partial charge in [0.2, 0.25) is 0 Å². The highest BCUT2D eigenvalue weighted by Crippen LogP contribution is 2.23. The van der Waals surface area contributed by atoms with Crippen LogP contribution in [0.15, 0.2) is 30.5 Å². The van der Waals surface area contributed by atoms with Crippen LogP contribution in [0.1, 0.15) is 17.3 Å². The predicted octanol–water partition coefficient (Wildman–Crippen LogP) is 1.02. The maximum Gasteiger partial charge on any atom is 0.253 e. The van der Waals surface area contributed by atoms with Crippen LogP contribution in [0, 0.1) is 0 Å². The first-order valence-electron chi connectivity index (χ1n) is 6.48. The van der Waals surface area contributed by atoms with Crippen molar-refractivity contribution in [3.8, 4) is 0 Å². The van der Waals surface area contributed by atoms with Crippen molar-refractivity contribution in [3.63, 3.8) is 0 Å². The summed E-state index contributed by atoms with van der Waals surface area (Å²) >= 11 is 0. The third-order valence-electron chi connectivity index (χ3n) is 3.04. The quantitative estimate of drug-likeness (QED) is 0.566. The molecule has 0 fully saturated rings. The normalized spacial score (nSPS) is 13.7. The maximum absolute atomic E-state index is 12.3. The Labute approximate surface area is 125 Å². The first-order valence-corrected chi connectivity index (χ1v) is 8.21. The van der Waals surface area contributed by atoms with Crippen molar-refractivity contribution < 1.29 is 9.00 Å². The molecule has 1 aromatic heterocycles. The molecule has 7 heteroatoms. The fourth-order valence-corrected chi connectivity index (χ4v) is 2.97. The average Bonchev–Trinajstić information content (AvgIpc) is 2.44. The molecule has 6 nitrogen and oxygen atoms in total. The standard InChI is InChI=1S/C14H18N4O2S/c1-9(8-21(2)20)17-14(19)12-7-16-13(18-15)11-6-4-3-5-10(11)12/h3-7,9H,8,15H2,1-2H3,(H,16,18)(H,17,19). The Balaban J connectivity index is 2.34. The number of pyridine rings is 1. The maximum atomic E-state index is 12.3. The number of rotatable bonds is 5. The Morgan fingerprint density at radius 2 is 2.05 bits per heavy atom. The zero-order valence-electron chi connectivity index (χ0n) is 11.9. The van der Waals surface area contributed by atoms with Gasteiger partial charge < -0.3 is 10.7 Å². The van der Waals surface area contributed by atoms with Crippen LogP contribution in [0.4, 0.5) is 5.82 Å². The topological polar surface area (TPSA) is 97.1 Å². The van der Waals surface area contributed by atoms with Gasteiger partial charge in [0.25, 0.3) is 5.91 Å². The first kappa shape index (κ1) is 15.4. The van der Waals surface area contributed by atoms with Gasteiger partial charge >= 0.3 is 0 Å². The molecule has 0 bridgehead atoms. The molecule has 1 heterocycles. The first-order chi connectivity index (χ1) is 10.0. The van der Waals surface area contributed by atoms with E-state index < -0.39 is 10.8 Å². The van der Waals surface area contributed by atoms with Crippen LogP contribution < -0.4 is 16.6 Å². The summed E-state index contributed by atoms with van der Waals surface area (Å²) in [5.41, 5.74) is 2.99. The summed E-state index contributed by atoms with van der Waals surface area (Å²) in [7, 11) is -0.958. The molecule has 0 saturated heterocycles. The smallest absolute Gasteiger partial charge is 0.253 e. The van der Waals surface area contributed by atoms with Crippen molar-refractivity contribution in [2.45, 2.75) is 13.0 Å². The highest BCUT2D eigenvalue weighted by Gasteiger charge is 2.15. The molecule has 0 aliphatic rings. The third kappa shape index (κ3) is 3.56. The van der Waals surface area contributed by atoms with Gasteiger partial charge in [-0.3, -0.25) is 9.00 Å². The Bertz CT molecular complexity index is 690. The second-order valence-corrected chi connectivity index (χ2v) is 6.30. The number of fused-ring (bicyclic) bond motifs is 1. The molecular weight excluding hydrogens is 288 g/mol. The Morgan fingerprint density at radius 3 is 2.67 bits per heavy atom. The SMILES string of the molecule is CC(CS(C)=O)NC(=O)c1cnc(NN)c2ccccc12. The number of amides is 1. The summed E-state index contributed by atoms with van der Waals surface area (Å²) in [5, 5.41) is 4.38. The zero-order valence-corrected chi connectivity index (χ0v) is 12.7. The lowest BCUT2D eigenvalue weighted by Gasteiger charge is -2.14. The fraction of sp³-hybridized carbons (Fsp3) is 0.286. The molecule has 2 unspecified atom stereocenters. The van der Waals surface area contributed by atoms with Crippen molar-refractivity contribution in [3.05, 3.63) is 36.0 Å². The largest absolute Gasteiger partial charge is 0.349 e. The van der Waals surface area contributed by atoms with E-state index in [1.54, 1.807) is 6.26 Å². The number of nitrogens with zero attached hydrogens (tertiary/aromatic N) is 1. The van der Waals surface area contributed by atoms with Crippen LogP contribution in [0.3, 0.4) is 0 Å². The van der Waals surface area contributed by atoms with Gasteiger partial charge in [-0.05, 0) is 12.3 Å². The molecular formula is C14H18N4O2S. The molecule has 0 aliphatic heterocycles. The van der Waals surface area contributed by atoms with E-state index in [0.717, 1.165) is 10.8 Å². The molecule has 0 radical (unpaired) electrons. The molecule has 2 rings (SSSR count). The van der Waals surface area contributed by atoms with Gasteiger partial charge in [0, 0.05) is 40.4 Å². The van der Waals surface area contributed by atoms with Crippen LogP contribution in [-0.4, -0.2) is 33.2 Å². The average molecular weight is 306 g/mol. The number of hydrogen-bond acceptors (Lipinski definition) is 5. The lowest BCUT2D eigenvalue weighted by molar-refractivity contribution is 0.0945. The van der Waals surface area contributed by atoms with Crippen LogP contribution >= 0.6 is 0 Å². The second kappa shape index (κ2) is 6.64. The highest BCUT2D eigenvalue weighted by atomic mass is 32.2. The summed E-state index contributed by atoms with van der Waals surface area (Å²) in [6.45, 7) is 1.82. The number of hydrogen-bond donors (Lipinski definition) is 3. The van der Waals surface area contributed by atoms with Gasteiger partial charge in [0.1, 0.15) is 5.82 Å². The summed E-state index contributed by atoms with van der Waals surface area (Å²) in [4.78, 5) is 16.5. The molecule has 0 saturated carbocycles. The van der Waals surface area contributed by atoms with Gasteiger partial charge in [-0.1, -0.05) is 24.3 Å². The van der Waals surface area contributed by atoms with Gasteiger partial charge in [0.15, 0.2) is 0 Å². The van der Waals surface area contributed by atoms with Crippen LogP contribution in [0.5, 0.6) is 0 Å². The Hall–Kier alpha value is -1.99. The number of hydrazine groups is 1. The van der Waals surface area contributed by atoms with Crippen molar-refractivity contribution in [1.82, 2.24) is 10.3 Å². The summed E-state index contributed by atoms with van der Waals surface area (Å²) in [5.74, 6) is 6.13. The lowest BCUT2D eigenvalue weighted by Crippen LogP contribution is -2.36. The molecule has 4 N–H and O–H groups in total. The van der Waals surface area contributed by atoms with Crippen molar-refractivity contribution in [2.24, 2.45) is 5.84 Å². The minimum absolute atomic E-state index is 0.172. The molecule has 1 aromatic carbocycles. The predicted molar refractivity (Wildman–Crippen MR) is 85.4 cm³/mol. The zero-order chi connectivity index (χ0) is 15.4. The minimum Gasteiger partial charge on any atom is -0.349 e. The van der Waals surface area contributed by atoms with E-state index in [4.69, 9.17) is 5.84 Å². The van der Waals surface area contributed by atoms with E-state index in [9.17, 15) is 9.00 Å². The molecule has 2 atom stereocenters. The van der Waals surface area contributed by atoms with E-state index in [1.807, 2.05) is 31.2 Å². The van der Waals surface area contributed by atoms with Gasteiger partial charge in [-0.2, -0.15) is 0 Å². The van der Waals surface area contributed by atoms with Gasteiger partial charge in [-0.25, -0.2) is 10.8 Å². The van der Waals surface area contributed by atoms with Crippen molar-refractivity contribution in [1.29, 1.82) is 0 Å². The lowest BCUT2D eigenvalue weighted by atomic mass is 10.1. The third-order valence-corrected chi connectivity index (χ3v) is 4.01. The van der Waals surface area contributed by atoms with Crippen LogP contribution in [0.2, 0.25) is 0 Å². The number of aromatic nitrogens is 1. The number of anilines is 1. The molecule has 2 aromatic rings.